The van der Waals surface area contributed by atoms with Crippen LogP contribution in [0.4, 0.5) is 0 Å². The molecule has 0 heterocycles. The first-order valence-electron chi connectivity index (χ1n) is 3.30. The molecule has 0 saturated carbocycles. The second-order valence-corrected chi connectivity index (χ2v) is 1.81. The number of hydrogen-bond donors (Lipinski definition) is 5. The van der Waals surface area contributed by atoms with E-state index in [1.807, 2.05) is 0 Å². The van der Waals surface area contributed by atoms with Crippen molar-refractivity contribution in [2.75, 3.05) is 0 Å². The molecule has 107 valence electrons. The van der Waals surface area contributed by atoms with Gasteiger partial charge in [0, 0.05) is 22.4 Å². The van der Waals surface area contributed by atoms with Crippen LogP contribution >= 0.6 is 0 Å². The third-order valence-electron chi connectivity index (χ3n) is 0.541. The van der Waals surface area contributed by atoms with Crippen LogP contribution in [0.2, 0.25) is 0 Å². The Bertz CT molecular complexity index is 283. The van der Waals surface area contributed by atoms with Crippen LogP contribution in [0, 0.1) is 0 Å². The van der Waals surface area contributed by atoms with E-state index in [1.165, 1.54) is 0 Å². The maximum Gasteiger partial charge on any atom is 1.00 e. The van der Waals surface area contributed by atoms with Gasteiger partial charge in [0.15, 0.2) is 5.97 Å². The molecule has 0 spiro atoms. The normalized spacial score (nSPS) is 6.60. The van der Waals surface area contributed by atoms with E-state index in [0.29, 0.717) is 0 Å². The van der Waals surface area contributed by atoms with Crippen LogP contribution in [0.25, 0.3) is 0 Å². The zero-order valence-corrected chi connectivity index (χ0v) is 13.7. The van der Waals surface area contributed by atoms with Crippen LogP contribution in [-0.2, 0) is 51.1 Å². The van der Waals surface area contributed by atoms with Gasteiger partial charge in [0.1, 0.15) is 0 Å². The summed E-state index contributed by atoms with van der Waals surface area (Å²) in [6.45, 7) is 0. The van der Waals surface area contributed by atoms with E-state index in [1.54, 1.807) is 0 Å². The summed E-state index contributed by atoms with van der Waals surface area (Å²) in [6, 6.07) is 0. The van der Waals surface area contributed by atoms with Crippen LogP contribution in [-0.4, -0.2) is 61.3 Å². The van der Waals surface area contributed by atoms with E-state index in [2.05, 4.69) is 0 Å². The first-order chi connectivity index (χ1) is 7.93. The van der Waals surface area contributed by atoms with Crippen molar-refractivity contribution in [1.82, 2.24) is 0 Å². The van der Waals surface area contributed by atoms with E-state index >= 15 is 0 Å². The van der Waals surface area contributed by atoms with Gasteiger partial charge >= 0.3 is 59.4 Å². The Morgan fingerprint density at radius 3 is 0.650 bits per heavy atom. The fraction of sp³-hybridized carbons (Fsp3) is 0. The quantitative estimate of drug-likeness (QED) is 0.194. The molecule has 0 rings (SSSR count). The van der Waals surface area contributed by atoms with E-state index in [-0.39, 0.29) is 51.9 Å². The van der Waals surface area contributed by atoms with Crippen LogP contribution in [0.3, 0.4) is 0 Å². The number of rotatable bonds is 0. The molecule has 0 aromatic heterocycles. The minimum atomic E-state index is -2.07. The molecule has 0 saturated heterocycles. The number of carbonyl (C=O) groups excluding carboxylic acids is 1. The van der Waals surface area contributed by atoms with E-state index in [9.17, 15) is 0 Å². The van der Waals surface area contributed by atoms with E-state index < -0.39 is 35.8 Å². The number of aliphatic carboxylic acids is 6. The molecule has 14 heteroatoms. The fourth-order valence-electron chi connectivity index (χ4n) is 0. The van der Waals surface area contributed by atoms with Crippen LogP contribution in [0.1, 0.15) is 0 Å². The van der Waals surface area contributed by atoms with E-state index in [4.69, 9.17) is 59.4 Å². The topological polar surface area (TPSA) is 227 Å². The zero-order valence-electron chi connectivity index (χ0n) is 9.54. The van der Waals surface area contributed by atoms with E-state index in [0.717, 1.165) is 0 Å². The Hall–Kier alpha value is -1.44. The minimum absolute atomic E-state index is 0. The van der Waals surface area contributed by atoms with Crippen molar-refractivity contribution in [1.29, 1.82) is 0 Å². The monoisotopic (exact) mass is 385 g/mol. The van der Waals surface area contributed by atoms with Gasteiger partial charge in [-0.1, -0.05) is 0 Å². The minimum Gasteiger partial charge on any atom is -0.539 e. The molecule has 5 N–H and O–H groups in total. The molecule has 0 aromatic rings. The van der Waals surface area contributed by atoms with Gasteiger partial charge in [-0.05, 0) is 0 Å². The summed E-state index contributed by atoms with van der Waals surface area (Å²) >= 11 is 0. The Kier molecular flexibility index (Phi) is 27.3. The van der Waals surface area contributed by atoms with Gasteiger partial charge in [-0.25, -0.2) is 24.0 Å². The molecule has 0 amide bonds. The zero-order chi connectivity index (χ0) is 15.5. The average Bonchev–Trinajstić information content (AvgIpc) is 2.18. The molecule has 0 atom stereocenters. The van der Waals surface area contributed by atoms with Crippen molar-refractivity contribution < 1.29 is 111 Å². The molecule has 1 radical (unpaired) electrons. The Balaban J connectivity index is -0.0000000536. The summed E-state index contributed by atoms with van der Waals surface area (Å²) in [4.78, 5) is 54.4. The van der Waals surface area contributed by atoms with Crippen molar-refractivity contribution in [2.45, 2.75) is 0 Å². The average molecular weight is 385 g/mol. The summed E-state index contributed by atoms with van der Waals surface area (Å²) < 4.78 is 0. The maximum atomic E-state index is 9.10. The molecule has 0 aromatic carbocycles. The van der Waals surface area contributed by atoms with Crippen LogP contribution in [0.5, 0.6) is 0 Å². The largest absolute Gasteiger partial charge is 1.00 e. The molecule has 0 bridgehead atoms. The summed E-state index contributed by atoms with van der Waals surface area (Å²) in [5.74, 6) is -11.3. The van der Waals surface area contributed by atoms with Crippen molar-refractivity contribution >= 4 is 35.8 Å². The van der Waals surface area contributed by atoms with Crippen LogP contribution in [0.15, 0.2) is 0 Å². The molecule has 12 nitrogen and oxygen atoms in total. The number of carbonyl (C=O) groups is 6. The predicted octanol–water partition coefficient (Wildman–Crippen LogP) is -6.87. The molecule has 0 aliphatic heterocycles. The molecule has 0 aliphatic carbocycles. The first kappa shape index (κ1) is 31.1. The molecule has 20 heavy (non-hydrogen) atoms. The predicted molar refractivity (Wildman–Crippen MR) is 43.2 cm³/mol. The standard InChI is InChI=1S/3C2H2O4.Na.Nb/c3*3-1(4)2(5)6;;/h3*(H,3,4)(H,5,6);;/q;;;+1;/p-1. The smallest absolute Gasteiger partial charge is 0.539 e. The first-order valence-corrected chi connectivity index (χ1v) is 3.30. The SMILES string of the molecule is O=C(O)C(=O)O.O=C(O)C(=O)O.O=C([O-])C(=O)O.[Na+].[Nb]. The summed E-state index contributed by atoms with van der Waals surface area (Å²) in [5.41, 5.74) is 0. The molecule has 0 unspecified atom stereocenters. The van der Waals surface area contributed by atoms with Crippen LogP contribution < -0.4 is 34.7 Å². The molecule has 0 aliphatic rings. The van der Waals surface area contributed by atoms with Gasteiger partial charge in [0.05, 0.1) is 0 Å². The summed E-state index contributed by atoms with van der Waals surface area (Å²) in [5, 5.41) is 45.9. The number of carboxylic acids is 6. The van der Waals surface area contributed by atoms with Gasteiger partial charge in [-0.2, -0.15) is 0 Å². The van der Waals surface area contributed by atoms with Gasteiger partial charge in [-0.15, -0.1) is 0 Å². The third-order valence-corrected chi connectivity index (χ3v) is 0.541. The Labute approximate surface area is 146 Å². The number of hydrogen-bond acceptors (Lipinski definition) is 7. The molecule has 0 fully saturated rings. The van der Waals surface area contributed by atoms with Gasteiger partial charge in [0.25, 0.3) is 0 Å². The maximum absolute atomic E-state index is 9.10. The van der Waals surface area contributed by atoms with Gasteiger partial charge in [0.2, 0.25) is 0 Å². The second kappa shape index (κ2) is 17.6. The van der Waals surface area contributed by atoms with Crippen molar-refractivity contribution in [3.05, 3.63) is 0 Å². The summed E-state index contributed by atoms with van der Waals surface area (Å²) in [6.07, 6.45) is 0. The Morgan fingerprint density at radius 2 is 0.650 bits per heavy atom. The second-order valence-electron chi connectivity index (χ2n) is 1.81. The third kappa shape index (κ3) is 36.0. The summed E-state index contributed by atoms with van der Waals surface area (Å²) in [7, 11) is 0. The number of carboxylic acid groups (broad SMARTS) is 6. The fourth-order valence-corrected chi connectivity index (χ4v) is 0. The van der Waals surface area contributed by atoms with Gasteiger partial charge < -0.3 is 35.4 Å². The van der Waals surface area contributed by atoms with Gasteiger partial charge in [-0.3, -0.25) is 0 Å². The van der Waals surface area contributed by atoms with Crippen molar-refractivity contribution in [3.63, 3.8) is 0 Å². The molecular formula is C6H5NaNbO12. The Morgan fingerprint density at radius 1 is 0.550 bits per heavy atom. The van der Waals surface area contributed by atoms with Crippen molar-refractivity contribution in [3.8, 4) is 0 Å². The molecular weight excluding hydrogens is 380 g/mol. The van der Waals surface area contributed by atoms with Crippen molar-refractivity contribution in [2.24, 2.45) is 0 Å².